The van der Waals surface area contributed by atoms with Gasteiger partial charge in [0.2, 0.25) is 0 Å². The Morgan fingerprint density at radius 1 is 0.931 bits per heavy atom. The molecule has 3 aliphatic rings. The highest BCUT2D eigenvalue weighted by molar-refractivity contribution is 5.97. The van der Waals surface area contributed by atoms with E-state index in [0.29, 0.717) is 22.5 Å². The molecule has 29 heavy (non-hydrogen) atoms. The molecular formula is C23H30N4O2. The van der Waals surface area contributed by atoms with E-state index in [2.05, 4.69) is 4.90 Å². The minimum atomic E-state index is 0.0322. The topological polar surface area (TPSA) is 58.4 Å². The zero-order valence-electron chi connectivity index (χ0n) is 17.1. The maximum absolute atomic E-state index is 13.1. The summed E-state index contributed by atoms with van der Waals surface area (Å²) in [6.07, 6.45) is 9.62. The Morgan fingerprint density at radius 3 is 2.52 bits per heavy atom. The fraction of sp³-hybridized carbons (Fsp3) is 0.609. The highest BCUT2D eigenvalue weighted by atomic mass is 16.2. The quantitative estimate of drug-likeness (QED) is 0.786. The van der Waals surface area contributed by atoms with Crippen molar-refractivity contribution in [3.05, 3.63) is 39.9 Å². The molecule has 6 nitrogen and oxygen atoms in total. The number of aromatic nitrogens is 2. The average molecular weight is 395 g/mol. The van der Waals surface area contributed by atoms with Crippen molar-refractivity contribution in [2.75, 3.05) is 26.2 Å². The second-order valence-corrected chi connectivity index (χ2v) is 8.79. The molecule has 1 aromatic carbocycles. The van der Waals surface area contributed by atoms with Crippen LogP contribution < -0.4 is 5.56 Å². The molecule has 0 N–H and O–H groups in total. The van der Waals surface area contributed by atoms with Crippen molar-refractivity contribution in [3.8, 4) is 0 Å². The molecule has 1 aliphatic carbocycles. The maximum Gasteiger partial charge on any atom is 0.261 e. The molecule has 1 amide bonds. The van der Waals surface area contributed by atoms with Crippen LogP contribution in [0.3, 0.4) is 0 Å². The number of benzene rings is 1. The minimum Gasteiger partial charge on any atom is -0.336 e. The molecule has 0 unspecified atom stereocenters. The van der Waals surface area contributed by atoms with Gasteiger partial charge >= 0.3 is 0 Å². The van der Waals surface area contributed by atoms with Gasteiger partial charge in [-0.25, -0.2) is 4.98 Å². The van der Waals surface area contributed by atoms with Crippen molar-refractivity contribution in [3.63, 3.8) is 0 Å². The summed E-state index contributed by atoms with van der Waals surface area (Å²) in [5, 5.41) is 0.620. The lowest BCUT2D eigenvalue weighted by Crippen LogP contribution is -2.52. The van der Waals surface area contributed by atoms with Crippen LogP contribution in [0.5, 0.6) is 0 Å². The lowest BCUT2D eigenvalue weighted by molar-refractivity contribution is 0.0523. The van der Waals surface area contributed by atoms with Crippen LogP contribution in [0.25, 0.3) is 10.9 Å². The third kappa shape index (κ3) is 3.59. The van der Waals surface area contributed by atoms with Gasteiger partial charge in [-0.05, 0) is 43.9 Å². The molecule has 0 bridgehead atoms. The zero-order valence-corrected chi connectivity index (χ0v) is 17.1. The second-order valence-electron chi connectivity index (χ2n) is 8.79. The van der Waals surface area contributed by atoms with Gasteiger partial charge in [0.1, 0.15) is 5.82 Å². The normalized spacial score (nSPS) is 21.3. The molecule has 154 valence electrons. The Balaban J connectivity index is 1.33. The van der Waals surface area contributed by atoms with Crippen LogP contribution >= 0.6 is 0 Å². The van der Waals surface area contributed by atoms with Crippen molar-refractivity contribution in [1.82, 2.24) is 19.4 Å². The number of aryl methyl sites for hydroxylation is 1. The molecule has 2 fully saturated rings. The van der Waals surface area contributed by atoms with E-state index in [1.165, 1.54) is 32.1 Å². The summed E-state index contributed by atoms with van der Waals surface area (Å²) in [5.41, 5.74) is 1.34. The highest BCUT2D eigenvalue weighted by Crippen LogP contribution is 2.24. The molecule has 0 spiro atoms. The van der Waals surface area contributed by atoms with Gasteiger partial charge in [-0.3, -0.25) is 19.1 Å². The Hall–Kier alpha value is -2.21. The summed E-state index contributed by atoms with van der Waals surface area (Å²) < 4.78 is 1.80. The predicted molar refractivity (Wildman–Crippen MR) is 113 cm³/mol. The zero-order chi connectivity index (χ0) is 19.8. The summed E-state index contributed by atoms with van der Waals surface area (Å²) in [5.74, 6) is 0.925. The van der Waals surface area contributed by atoms with E-state index in [4.69, 9.17) is 4.98 Å². The molecular weight excluding hydrogens is 364 g/mol. The van der Waals surface area contributed by atoms with Gasteiger partial charge in [0.15, 0.2) is 0 Å². The number of hydrogen-bond acceptors (Lipinski definition) is 4. The van der Waals surface area contributed by atoms with Gasteiger partial charge < -0.3 is 4.90 Å². The van der Waals surface area contributed by atoms with Gasteiger partial charge in [-0.1, -0.05) is 19.3 Å². The van der Waals surface area contributed by atoms with Crippen molar-refractivity contribution in [1.29, 1.82) is 0 Å². The lowest BCUT2D eigenvalue weighted by Gasteiger charge is -2.40. The molecule has 6 heteroatoms. The minimum absolute atomic E-state index is 0.0322. The number of hydrogen-bond donors (Lipinski definition) is 0. The van der Waals surface area contributed by atoms with Gasteiger partial charge in [0.05, 0.1) is 10.9 Å². The van der Waals surface area contributed by atoms with Crippen LogP contribution in [-0.2, 0) is 13.0 Å². The Kier molecular flexibility index (Phi) is 5.12. The van der Waals surface area contributed by atoms with Gasteiger partial charge in [-0.15, -0.1) is 0 Å². The first-order valence-electron chi connectivity index (χ1n) is 11.3. The molecule has 0 atom stereocenters. The third-order valence-corrected chi connectivity index (χ3v) is 7.01. The van der Waals surface area contributed by atoms with E-state index in [9.17, 15) is 9.59 Å². The number of rotatable bonds is 2. The molecule has 2 aromatic rings. The van der Waals surface area contributed by atoms with Crippen LogP contribution in [-0.4, -0.2) is 57.5 Å². The average Bonchev–Trinajstić information content (AvgIpc) is 2.79. The first-order valence-corrected chi connectivity index (χ1v) is 11.3. The lowest BCUT2D eigenvalue weighted by atomic mass is 9.94. The molecule has 1 saturated carbocycles. The Labute approximate surface area is 171 Å². The largest absolute Gasteiger partial charge is 0.336 e. The van der Waals surface area contributed by atoms with Crippen molar-refractivity contribution >= 4 is 16.8 Å². The van der Waals surface area contributed by atoms with E-state index in [-0.39, 0.29) is 11.5 Å². The molecule has 3 heterocycles. The smallest absolute Gasteiger partial charge is 0.261 e. The fourth-order valence-corrected chi connectivity index (χ4v) is 5.29. The summed E-state index contributed by atoms with van der Waals surface area (Å²) in [7, 11) is 0. The summed E-state index contributed by atoms with van der Waals surface area (Å²) in [4.78, 5) is 35.1. The fourth-order valence-electron chi connectivity index (χ4n) is 5.29. The Morgan fingerprint density at radius 2 is 1.72 bits per heavy atom. The maximum atomic E-state index is 13.1. The molecule has 0 radical (unpaired) electrons. The molecule has 1 saturated heterocycles. The summed E-state index contributed by atoms with van der Waals surface area (Å²) in [6, 6.07) is 6.13. The van der Waals surface area contributed by atoms with Crippen molar-refractivity contribution < 1.29 is 4.79 Å². The standard InChI is InChI=1S/C23H30N4O2/c28-22(26-14-12-25(13-15-26)18-6-2-1-3-7-18)17-9-10-19-20(16-17)24-21-8-4-5-11-27(21)23(19)29/h9-10,16,18H,1-8,11-15H2. The summed E-state index contributed by atoms with van der Waals surface area (Å²) >= 11 is 0. The van der Waals surface area contributed by atoms with Crippen LogP contribution in [0.1, 0.15) is 61.1 Å². The number of carbonyl (C=O) groups is 1. The van der Waals surface area contributed by atoms with Crippen LogP contribution in [0, 0.1) is 0 Å². The Bertz CT molecular complexity index is 969. The number of amides is 1. The van der Waals surface area contributed by atoms with E-state index >= 15 is 0 Å². The van der Waals surface area contributed by atoms with E-state index in [1.54, 1.807) is 16.7 Å². The van der Waals surface area contributed by atoms with Gasteiger partial charge in [-0.2, -0.15) is 0 Å². The van der Waals surface area contributed by atoms with E-state index in [1.807, 2.05) is 11.0 Å². The van der Waals surface area contributed by atoms with E-state index in [0.717, 1.165) is 57.8 Å². The molecule has 5 rings (SSSR count). The second kappa shape index (κ2) is 7.90. The van der Waals surface area contributed by atoms with Crippen molar-refractivity contribution in [2.45, 2.75) is 64.0 Å². The van der Waals surface area contributed by atoms with Gasteiger partial charge in [0.25, 0.3) is 11.5 Å². The summed E-state index contributed by atoms with van der Waals surface area (Å²) in [6.45, 7) is 4.26. The third-order valence-electron chi connectivity index (χ3n) is 7.01. The van der Waals surface area contributed by atoms with Crippen LogP contribution in [0.2, 0.25) is 0 Å². The molecule has 2 aliphatic heterocycles. The predicted octanol–water partition coefficient (Wildman–Crippen LogP) is 2.82. The number of carbonyl (C=O) groups excluding carboxylic acids is 1. The first kappa shape index (κ1) is 18.8. The van der Waals surface area contributed by atoms with Gasteiger partial charge in [0, 0.05) is 50.7 Å². The van der Waals surface area contributed by atoms with Crippen molar-refractivity contribution in [2.24, 2.45) is 0 Å². The molecule has 1 aromatic heterocycles. The number of fused-ring (bicyclic) bond motifs is 2. The van der Waals surface area contributed by atoms with E-state index < -0.39 is 0 Å². The SMILES string of the molecule is O=C(c1ccc2c(=O)n3c(nc2c1)CCCC3)N1CCN(C2CCCCC2)CC1. The number of piperazine rings is 1. The monoisotopic (exact) mass is 394 g/mol. The van der Waals surface area contributed by atoms with Crippen LogP contribution in [0.15, 0.2) is 23.0 Å². The highest BCUT2D eigenvalue weighted by Gasteiger charge is 2.27. The first-order chi connectivity index (χ1) is 14.2. The number of nitrogens with zero attached hydrogens (tertiary/aromatic N) is 4. The van der Waals surface area contributed by atoms with Crippen LogP contribution in [0.4, 0.5) is 0 Å².